The van der Waals surface area contributed by atoms with E-state index in [-0.39, 0.29) is 24.2 Å². The van der Waals surface area contributed by atoms with Gasteiger partial charge in [-0.3, -0.25) is 4.79 Å². The highest BCUT2D eigenvalue weighted by molar-refractivity contribution is 5.96. The molecule has 3 rings (SSSR count). The average molecular weight is 377 g/mol. The van der Waals surface area contributed by atoms with Crippen LogP contribution in [0.1, 0.15) is 49.3 Å². The lowest BCUT2D eigenvalue weighted by Gasteiger charge is -2.35. The van der Waals surface area contributed by atoms with Crippen LogP contribution >= 0.6 is 0 Å². The topological polar surface area (TPSA) is 46.6 Å². The van der Waals surface area contributed by atoms with Crippen LogP contribution in [0.5, 0.6) is 0 Å². The third-order valence-electron chi connectivity index (χ3n) is 5.16. The fourth-order valence-electron chi connectivity index (χ4n) is 3.76. The van der Waals surface area contributed by atoms with E-state index in [1.807, 2.05) is 68.4 Å². The Hall–Kier alpha value is -2.88. The van der Waals surface area contributed by atoms with Gasteiger partial charge in [0.25, 0.3) is 0 Å². The summed E-state index contributed by atoms with van der Waals surface area (Å²) in [5.74, 6) is -0.550. The second-order valence-electron chi connectivity index (χ2n) is 7.07. The monoisotopic (exact) mass is 377 g/mol. The standard InChI is InChI=1S/C24H27NO3/c1-4-21-23(24(27)28-5-2)20(19-9-7-6-8-10-19)15-22(26)25(21)16-18-13-11-17(3)12-14-18/h6-14,20H,4-5,15-16H2,1-3H3. The number of hydrogen-bond donors (Lipinski definition) is 0. The number of nitrogens with zero attached hydrogens (tertiary/aromatic N) is 1. The molecule has 1 heterocycles. The Bertz CT molecular complexity index is 868. The maximum absolute atomic E-state index is 13.1. The zero-order valence-corrected chi connectivity index (χ0v) is 16.8. The van der Waals surface area contributed by atoms with Crippen molar-refractivity contribution < 1.29 is 14.3 Å². The van der Waals surface area contributed by atoms with Gasteiger partial charge in [-0.1, -0.05) is 67.1 Å². The lowest BCUT2D eigenvalue weighted by molar-refractivity contribution is -0.140. The summed E-state index contributed by atoms with van der Waals surface area (Å²) < 4.78 is 5.38. The van der Waals surface area contributed by atoms with E-state index in [0.29, 0.717) is 25.1 Å². The van der Waals surface area contributed by atoms with Gasteiger partial charge in [-0.25, -0.2) is 4.79 Å². The first kappa shape index (κ1) is 19.9. The third kappa shape index (κ3) is 4.16. The molecule has 1 unspecified atom stereocenters. The highest BCUT2D eigenvalue weighted by Crippen LogP contribution is 2.38. The summed E-state index contributed by atoms with van der Waals surface area (Å²) in [7, 11) is 0. The van der Waals surface area contributed by atoms with E-state index in [0.717, 1.165) is 16.8 Å². The van der Waals surface area contributed by atoms with Gasteiger partial charge in [-0.05, 0) is 31.4 Å². The maximum Gasteiger partial charge on any atom is 0.336 e. The van der Waals surface area contributed by atoms with E-state index in [2.05, 4.69) is 0 Å². The number of benzene rings is 2. The first-order valence-electron chi connectivity index (χ1n) is 9.86. The molecule has 0 bridgehead atoms. The Morgan fingerprint density at radius 1 is 1.07 bits per heavy atom. The SMILES string of the molecule is CCOC(=O)C1=C(CC)N(Cc2ccc(C)cc2)C(=O)CC1c1ccccc1. The smallest absolute Gasteiger partial charge is 0.336 e. The van der Waals surface area contributed by atoms with Crippen LogP contribution in [-0.4, -0.2) is 23.4 Å². The predicted molar refractivity (Wildman–Crippen MR) is 109 cm³/mol. The Morgan fingerprint density at radius 2 is 1.75 bits per heavy atom. The van der Waals surface area contributed by atoms with Gasteiger partial charge in [0.15, 0.2) is 0 Å². The molecule has 1 atom stereocenters. The summed E-state index contributed by atoms with van der Waals surface area (Å²) in [4.78, 5) is 27.7. The molecule has 28 heavy (non-hydrogen) atoms. The number of carbonyl (C=O) groups excluding carboxylic acids is 2. The summed E-state index contributed by atoms with van der Waals surface area (Å²) in [5, 5.41) is 0. The van der Waals surface area contributed by atoms with Crippen LogP contribution in [0.4, 0.5) is 0 Å². The zero-order valence-electron chi connectivity index (χ0n) is 16.8. The molecular formula is C24H27NO3. The average Bonchev–Trinajstić information content (AvgIpc) is 2.71. The van der Waals surface area contributed by atoms with Crippen LogP contribution in [0.25, 0.3) is 0 Å². The molecule has 0 aromatic heterocycles. The number of allylic oxidation sites excluding steroid dienone is 1. The van der Waals surface area contributed by atoms with Crippen molar-refractivity contribution in [3.05, 3.63) is 82.6 Å². The van der Waals surface area contributed by atoms with E-state index >= 15 is 0 Å². The summed E-state index contributed by atoms with van der Waals surface area (Å²) >= 11 is 0. The van der Waals surface area contributed by atoms with Crippen molar-refractivity contribution in [3.63, 3.8) is 0 Å². The Balaban J connectivity index is 2.05. The summed E-state index contributed by atoms with van der Waals surface area (Å²) in [6, 6.07) is 17.9. The van der Waals surface area contributed by atoms with Crippen molar-refractivity contribution in [2.45, 2.75) is 46.1 Å². The first-order valence-corrected chi connectivity index (χ1v) is 9.86. The van der Waals surface area contributed by atoms with Gasteiger partial charge in [-0.15, -0.1) is 0 Å². The van der Waals surface area contributed by atoms with E-state index in [4.69, 9.17) is 4.74 Å². The van der Waals surface area contributed by atoms with Crippen molar-refractivity contribution >= 4 is 11.9 Å². The van der Waals surface area contributed by atoms with Gasteiger partial charge < -0.3 is 9.64 Å². The number of hydrogen-bond acceptors (Lipinski definition) is 3. The molecule has 1 amide bonds. The number of amides is 1. The number of aryl methyl sites for hydroxylation is 1. The fourth-order valence-corrected chi connectivity index (χ4v) is 3.76. The minimum atomic E-state index is -0.324. The van der Waals surface area contributed by atoms with Gasteiger partial charge >= 0.3 is 5.97 Å². The molecular weight excluding hydrogens is 350 g/mol. The molecule has 146 valence electrons. The predicted octanol–water partition coefficient (Wildman–Crippen LogP) is 4.74. The Kier molecular flexibility index (Phi) is 6.30. The number of ether oxygens (including phenoxy) is 1. The van der Waals surface area contributed by atoms with Crippen molar-refractivity contribution in [2.75, 3.05) is 6.61 Å². The van der Waals surface area contributed by atoms with Crippen molar-refractivity contribution in [1.29, 1.82) is 0 Å². The third-order valence-corrected chi connectivity index (χ3v) is 5.16. The van der Waals surface area contributed by atoms with Crippen molar-refractivity contribution in [3.8, 4) is 0 Å². The quantitative estimate of drug-likeness (QED) is 0.683. The van der Waals surface area contributed by atoms with E-state index < -0.39 is 0 Å². The minimum Gasteiger partial charge on any atom is -0.463 e. The highest BCUT2D eigenvalue weighted by atomic mass is 16.5. The van der Waals surface area contributed by atoms with E-state index in [1.165, 1.54) is 5.56 Å². The van der Waals surface area contributed by atoms with Crippen LogP contribution < -0.4 is 0 Å². The van der Waals surface area contributed by atoms with Gasteiger partial charge in [0, 0.05) is 18.0 Å². The summed E-state index contributed by atoms with van der Waals surface area (Å²) in [6.07, 6.45) is 0.864. The molecule has 0 saturated carbocycles. The van der Waals surface area contributed by atoms with Gasteiger partial charge in [0.2, 0.25) is 5.91 Å². The molecule has 2 aromatic carbocycles. The summed E-state index contributed by atoms with van der Waals surface area (Å²) in [5.41, 5.74) is 4.58. The lowest BCUT2D eigenvalue weighted by Crippen LogP contribution is -2.38. The number of carbonyl (C=O) groups is 2. The molecule has 1 aliphatic heterocycles. The van der Waals surface area contributed by atoms with Gasteiger partial charge in [0.05, 0.1) is 18.7 Å². The lowest BCUT2D eigenvalue weighted by atomic mass is 9.82. The fraction of sp³-hybridized carbons (Fsp3) is 0.333. The van der Waals surface area contributed by atoms with Crippen LogP contribution in [0.15, 0.2) is 65.9 Å². The highest BCUT2D eigenvalue weighted by Gasteiger charge is 2.37. The van der Waals surface area contributed by atoms with Crippen LogP contribution in [0.2, 0.25) is 0 Å². The van der Waals surface area contributed by atoms with Gasteiger partial charge in [-0.2, -0.15) is 0 Å². The first-order chi connectivity index (χ1) is 13.5. The maximum atomic E-state index is 13.1. The number of esters is 1. The van der Waals surface area contributed by atoms with Gasteiger partial charge in [0.1, 0.15) is 0 Å². The second kappa shape index (κ2) is 8.87. The van der Waals surface area contributed by atoms with Crippen molar-refractivity contribution in [2.24, 2.45) is 0 Å². The summed E-state index contributed by atoms with van der Waals surface area (Å²) in [6.45, 7) is 6.60. The molecule has 4 nitrogen and oxygen atoms in total. The molecule has 0 radical (unpaired) electrons. The molecule has 0 aliphatic carbocycles. The van der Waals surface area contributed by atoms with Crippen LogP contribution in [0, 0.1) is 6.92 Å². The normalized spacial score (nSPS) is 17.0. The number of rotatable bonds is 6. The van der Waals surface area contributed by atoms with Crippen molar-refractivity contribution in [1.82, 2.24) is 4.90 Å². The molecule has 0 fully saturated rings. The zero-order chi connectivity index (χ0) is 20.1. The molecule has 0 saturated heterocycles. The van der Waals surface area contributed by atoms with Crippen LogP contribution in [0.3, 0.4) is 0 Å². The molecule has 0 spiro atoms. The molecule has 1 aliphatic rings. The molecule has 2 aromatic rings. The molecule has 0 N–H and O–H groups in total. The minimum absolute atomic E-state index is 0.0410. The molecule has 4 heteroatoms. The Labute approximate surface area is 166 Å². The largest absolute Gasteiger partial charge is 0.463 e. The van der Waals surface area contributed by atoms with E-state index in [9.17, 15) is 9.59 Å². The Morgan fingerprint density at radius 3 is 2.36 bits per heavy atom. The second-order valence-corrected chi connectivity index (χ2v) is 7.07. The van der Waals surface area contributed by atoms with Crippen LogP contribution in [-0.2, 0) is 20.9 Å². The van der Waals surface area contributed by atoms with E-state index in [1.54, 1.807) is 11.8 Å².